The molecule has 110 valence electrons. The van der Waals surface area contributed by atoms with E-state index in [4.69, 9.17) is 22.1 Å². The van der Waals surface area contributed by atoms with Crippen molar-refractivity contribution in [2.45, 2.75) is 25.0 Å². The topological polar surface area (TPSA) is 58.7 Å². The number of ether oxygens (including phenoxy) is 1. The monoisotopic (exact) mass is 296 g/mol. The van der Waals surface area contributed by atoms with Gasteiger partial charge in [0.1, 0.15) is 5.75 Å². The van der Waals surface area contributed by atoms with Crippen molar-refractivity contribution in [2.75, 3.05) is 19.6 Å². The molecule has 0 spiro atoms. The third-order valence-corrected chi connectivity index (χ3v) is 3.88. The largest absolute Gasteiger partial charge is 0.464 e. The predicted octanol–water partition coefficient (Wildman–Crippen LogP) is 2.32. The van der Waals surface area contributed by atoms with Crippen LogP contribution < -0.4 is 10.5 Å². The van der Waals surface area contributed by atoms with Crippen LogP contribution in [0.2, 0.25) is 5.02 Å². The van der Waals surface area contributed by atoms with Crippen LogP contribution in [0.5, 0.6) is 5.75 Å². The van der Waals surface area contributed by atoms with Crippen molar-refractivity contribution in [1.82, 2.24) is 4.90 Å². The summed E-state index contributed by atoms with van der Waals surface area (Å²) in [6.45, 7) is 6.31. The summed E-state index contributed by atoms with van der Waals surface area (Å²) in [7, 11) is 0. The zero-order valence-corrected chi connectivity index (χ0v) is 12.2. The van der Waals surface area contributed by atoms with Crippen LogP contribution in [-0.2, 0) is 0 Å². The maximum Gasteiger partial charge on any atom is 0.145 e. The first-order valence-electron chi connectivity index (χ1n) is 6.85. The molecule has 2 rings (SSSR count). The minimum Gasteiger partial charge on any atom is -0.464 e. The molecule has 4 nitrogen and oxygen atoms in total. The molecule has 1 aromatic rings. The molecule has 1 aromatic carbocycles. The van der Waals surface area contributed by atoms with E-state index in [9.17, 15) is 5.11 Å². The van der Waals surface area contributed by atoms with Crippen LogP contribution in [0.15, 0.2) is 31.0 Å². The fourth-order valence-electron chi connectivity index (χ4n) is 2.50. The average Bonchev–Trinajstić information content (AvgIpc) is 2.93. The van der Waals surface area contributed by atoms with Crippen LogP contribution in [0.4, 0.5) is 0 Å². The minimum absolute atomic E-state index is 0.324. The molecule has 0 saturated carbocycles. The summed E-state index contributed by atoms with van der Waals surface area (Å²) in [5.41, 5.74) is 6.80. The van der Waals surface area contributed by atoms with E-state index in [2.05, 4.69) is 11.5 Å². The number of likely N-dealkylation sites (tertiary alicyclic amines) is 1. The quantitative estimate of drug-likeness (QED) is 0.791. The fourth-order valence-corrected chi connectivity index (χ4v) is 2.73. The number of aliphatic hydroxyl groups excluding tert-OH is 1. The smallest absolute Gasteiger partial charge is 0.145 e. The molecule has 0 aliphatic carbocycles. The lowest BCUT2D eigenvalue weighted by Gasteiger charge is -2.24. The van der Waals surface area contributed by atoms with Gasteiger partial charge in [0, 0.05) is 12.6 Å². The molecule has 0 bridgehead atoms. The van der Waals surface area contributed by atoms with Gasteiger partial charge in [-0.2, -0.15) is 0 Å². The summed E-state index contributed by atoms with van der Waals surface area (Å²) in [4.78, 5) is 2.28. The second-order valence-corrected chi connectivity index (χ2v) is 5.50. The zero-order chi connectivity index (χ0) is 14.5. The van der Waals surface area contributed by atoms with E-state index in [1.165, 1.54) is 19.1 Å². The van der Waals surface area contributed by atoms with Gasteiger partial charge in [-0.05, 0) is 43.6 Å². The Morgan fingerprint density at radius 3 is 2.75 bits per heavy atom. The second-order valence-electron chi connectivity index (χ2n) is 5.09. The van der Waals surface area contributed by atoms with E-state index in [1.54, 1.807) is 18.2 Å². The van der Waals surface area contributed by atoms with Gasteiger partial charge in [0.2, 0.25) is 0 Å². The van der Waals surface area contributed by atoms with Crippen LogP contribution in [0.3, 0.4) is 0 Å². The van der Waals surface area contributed by atoms with Crippen LogP contribution >= 0.6 is 11.6 Å². The first-order chi connectivity index (χ1) is 9.61. The maximum absolute atomic E-state index is 10.3. The molecule has 0 aromatic heterocycles. The van der Waals surface area contributed by atoms with Crippen molar-refractivity contribution in [3.8, 4) is 5.75 Å². The number of nitrogens with two attached hydrogens (primary N) is 1. The van der Waals surface area contributed by atoms with Gasteiger partial charge in [0.15, 0.2) is 0 Å². The van der Waals surface area contributed by atoms with Gasteiger partial charge in [-0.15, -0.1) is 0 Å². The lowest BCUT2D eigenvalue weighted by Crippen LogP contribution is -2.40. The van der Waals surface area contributed by atoms with Crippen molar-refractivity contribution in [3.63, 3.8) is 0 Å². The Balaban J connectivity index is 2.01. The van der Waals surface area contributed by atoms with Crippen LogP contribution in [0.25, 0.3) is 0 Å². The first-order valence-corrected chi connectivity index (χ1v) is 7.22. The molecule has 1 aliphatic rings. The SMILES string of the molecule is C=COc1ccc([C@@H](O)[C@H](N)CN2CCCC2)cc1Cl. The molecule has 0 amide bonds. The summed E-state index contributed by atoms with van der Waals surface area (Å²) in [6, 6.07) is 4.86. The van der Waals surface area contributed by atoms with Crippen LogP contribution in [0, 0.1) is 0 Å². The molecule has 1 aliphatic heterocycles. The van der Waals surface area contributed by atoms with Gasteiger partial charge in [0.05, 0.1) is 17.4 Å². The zero-order valence-electron chi connectivity index (χ0n) is 11.5. The van der Waals surface area contributed by atoms with E-state index >= 15 is 0 Å². The summed E-state index contributed by atoms with van der Waals surface area (Å²) in [5.74, 6) is 0.519. The van der Waals surface area contributed by atoms with Gasteiger partial charge in [-0.3, -0.25) is 0 Å². The molecule has 20 heavy (non-hydrogen) atoms. The Labute approximate surface area is 124 Å². The van der Waals surface area contributed by atoms with Gasteiger partial charge in [0.25, 0.3) is 0 Å². The number of benzene rings is 1. The third kappa shape index (κ3) is 3.73. The number of rotatable bonds is 6. The highest BCUT2D eigenvalue weighted by atomic mass is 35.5. The fraction of sp³-hybridized carbons (Fsp3) is 0.467. The molecule has 1 saturated heterocycles. The van der Waals surface area contributed by atoms with Crippen molar-refractivity contribution >= 4 is 11.6 Å². The molecule has 1 fully saturated rings. The molecular formula is C15H21ClN2O2. The van der Waals surface area contributed by atoms with E-state index < -0.39 is 6.10 Å². The Hall–Kier alpha value is -1.07. The summed E-state index contributed by atoms with van der Waals surface area (Å²) in [6.07, 6.45) is 3.01. The predicted molar refractivity (Wildman–Crippen MR) is 80.9 cm³/mol. The highest BCUT2D eigenvalue weighted by Crippen LogP contribution is 2.29. The van der Waals surface area contributed by atoms with Gasteiger partial charge < -0.3 is 20.5 Å². The highest BCUT2D eigenvalue weighted by Gasteiger charge is 2.22. The van der Waals surface area contributed by atoms with E-state index in [1.807, 2.05) is 0 Å². The molecule has 3 N–H and O–H groups in total. The maximum atomic E-state index is 10.3. The van der Waals surface area contributed by atoms with E-state index in [0.717, 1.165) is 13.1 Å². The first kappa shape index (κ1) is 15.3. The second kappa shape index (κ2) is 7.09. The number of nitrogens with zero attached hydrogens (tertiary/aromatic N) is 1. The van der Waals surface area contributed by atoms with Gasteiger partial charge in [-0.1, -0.05) is 24.2 Å². The van der Waals surface area contributed by atoms with E-state index in [-0.39, 0.29) is 6.04 Å². The standard InChI is InChI=1S/C15H21ClN2O2/c1-2-20-14-6-5-11(9-12(14)16)15(19)13(17)10-18-7-3-4-8-18/h2,5-6,9,13,15,19H,1,3-4,7-8,10,17H2/t13-,15-/m1/s1. The van der Waals surface area contributed by atoms with Crippen molar-refractivity contribution in [3.05, 3.63) is 41.6 Å². The highest BCUT2D eigenvalue weighted by molar-refractivity contribution is 6.32. The van der Waals surface area contributed by atoms with Gasteiger partial charge in [-0.25, -0.2) is 0 Å². The molecule has 1 heterocycles. The molecular weight excluding hydrogens is 276 g/mol. The normalized spacial score (nSPS) is 18.8. The van der Waals surface area contributed by atoms with Crippen molar-refractivity contribution in [2.24, 2.45) is 5.73 Å². The minimum atomic E-state index is -0.731. The Kier molecular flexibility index (Phi) is 5.43. The molecule has 0 unspecified atom stereocenters. The molecule has 2 atom stereocenters. The lowest BCUT2D eigenvalue weighted by atomic mass is 10.0. The van der Waals surface area contributed by atoms with Crippen molar-refractivity contribution < 1.29 is 9.84 Å². The average molecular weight is 297 g/mol. The summed E-state index contributed by atoms with van der Waals surface area (Å²) in [5, 5.41) is 10.8. The molecule has 0 radical (unpaired) electrons. The van der Waals surface area contributed by atoms with Crippen LogP contribution in [0.1, 0.15) is 24.5 Å². The molecule has 5 heteroatoms. The number of hydrogen-bond donors (Lipinski definition) is 2. The lowest BCUT2D eigenvalue weighted by molar-refractivity contribution is 0.125. The van der Waals surface area contributed by atoms with E-state index in [0.29, 0.717) is 22.9 Å². The summed E-state index contributed by atoms with van der Waals surface area (Å²) >= 11 is 6.09. The Morgan fingerprint density at radius 1 is 1.45 bits per heavy atom. The number of hydrogen-bond acceptors (Lipinski definition) is 4. The third-order valence-electron chi connectivity index (χ3n) is 3.58. The number of halogens is 1. The Morgan fingerprint density at radius 2 is 2.15 bits per heavy atom. The van der Waals surface area contributed by atoms with Gasteiger partial charge >= 0.3 is 0 Å². The van der Waals surface area contributed by atoms with Crippen LogP contribution in [-0.4, -0.2) is 35.7 Å². The van der Waals surface area contributed by atoms with Crippen molar-refractivity contribution in [1.29, 1.82) is 0 Å². The Bertz CT molecular complexity index is 461. The summed E-state index contributed by atoms with van der Waals surface area (Å²) < 4.78 is 5.15. The number of aliphatic hydroxyl groups is 1.